The lowest BCUT2D eigenvalue weighted by Gasteiger charge is -2.12. The van der Waals surface area contributed by atoms with Crippen LogP contribution in [0.15, 0.2) is 54.9 Å². The van der Waals surface area contributed by atoms with Gasteiger partial charge in [0.1, 0.15) is 5.75 Å². The van der Waals surface area contributed by atoms with Crippen LogP contribution < -0.4 is 10.6 Å². The number of phenolic OH excluding ortho intramolecular Hbond substituents is 1. The van der Waals surface area contributed by atoms with Crippen LogP contribution in [0.5, 0.6) is 5.75 Å². The van der Waals surface area contributed by atoms with E-state index >= 15 is 0 Å². The van der Waals surface area contributed by atoms with Gasteiger partial charge in [0.05, 0.1) is 19.0 Å². The van der Waals surface area contributed by atoms with E-state index in [0.29, 0.717) is 42.6 Å². The zero-order chi connectivity index (χ0) is 21.8. The van der Waals surface area contributed by atoms with E-state index in [0.717, 1.165) is 14.7 Å². The van der Waals surface area contributed by atoms with E-state index in [1.165, 1.54) is 0 Å². The summed E-state index contributed by atoms with van der Waals surface area (Å²) in [4.78, 5) is 13.7. The molecule has 0 saturated heterocycles. The number of halogens is 1. The molecule has 1 atom stereocenters. The quantitative estimate of drug-likeness (QED) is 0.258. The van der Waals surface area contributed by atoms with Crippen LogP contribution in [0.3, 0.4) is 0 Å². The molecule has 0 saturated carbocycles. The summed E-state index contributed by atoms with van der Waals surface area (Å²) in [6, 6.07) is 15.5. The molecule has 2 heterocycles. The highest BCUT2D eigenvalue weighted by Crippen LogP contribution is 2.25. The van der Waals surface area contributed by atoms with E-state index in [4.69, 9.17) is 0 Å². The average Bonchev–Trinajstić information content (AvgIpc) is 3.16. The highest BCUT2D eigenvalue weighted by atomic mass is 127. The first-order valence-electron chi connectivity index (χ1n) is 9.89. The molecule has 1 unspecified atom stereocenters. The Labute approximate surface area is 193 Å². The molecule has 4 aromatic rings. The second-order valence-corrected chi connectivity index (χ2v) is 8.53. The number of aliphatic hydroxyl groups is 1. The number of rotatable bonds is 8. The number of nitrogens with one attached hydrogen (secondary N) is 2. The maximum absolute atomic E-state index is 10.2. The van der Waals surface area contributed by atoms with Crippen molar-refractivity contribution in [2.24, 2.45) is 0 Å². The van der Waals surface area contributed by atoms with Gasteiger partial charge in [-0.1, -0.05) is 30.3 Å². The van der Waals surface area contributed by atoms with Gasteiger partial charge < -0.3 is 25.4 Å². The zero-order valence-corrected chi connectivity index (χ0v) is 19.1. The largest absolute Gasteiger partial charge is 0.508 e. The molecule has 0 aliphatic carbocycles. The van der Waals surface area contributed by atoms with Crippen LogP contribution in [0, 0.1) is 3.57 Å². The van der Waals surface area contributed by atoms with Crippen molar-refractivity contribution in [1.82, 2.24) is 19.5 Å². The van der Waals surface area contributed by atoms with Crippen molar-refractivity contribution >= 4 is 45.5 Å². The van der Waals surface area contributed by atoms with Crippen molar-refractivity contribution in [2.75, 3.05) is 17.2 Å². The zero-order valence-electron chi connectivity index (χ0n) is 17.0. The molecule has 2 aromatic heterocycles. The number of nitrogens with zero attached hydrogens (tertiary/aromatic N) is 4. The van der Waals surface area contributed by atoms with E-state index in [-0.39, 0.29) is 5.75 Å². The van der Waals surface area contributed by atoms with Crippen LogP contribution in [0.25, 0.3) is 11.2 Å². The maximum atomic E-state index is 10.2. The number of fused-ring (bicyclic) bond motifs is 1. The highest BCUT2D eigenvalue weighted by Gasteiger charge is 2.15. The molecular weight excluding hydrogens is 507 g/mol. The Morgan fingerprint density at radius 3 is 2.68 bits per heavy atom. The topological polar surface area (TPSA) is 108 Å². The molecule has 0 aliphatic rings. The number of hydrogen-bond acceptors (Lipinski definition) is 7. The fraction of sp³-hybridized carbons (Fsp3) is 0.227. The standard InChI is InChI=1S/C22H23IN6O2/c1-14(30)10-25-22-27-20(24-11-16-9-17(23)7-8-18(16)31)19-21(28-22)29(13-26-19)12-15-5-3-2-4-6-15/h2-9,13-14,30-31H,10-12H2,1H3,(H2,24,25,27,28). The first-order chi connectivity index (χ1) is 15.0. The van der Waals surface area contributed by atoms with Crippen molar-refractivity contribution in [1.29, 1.82) is 0 Å². The molecule has 9 heteroatoms. The second kappa shape index (κ2) is 9.48. The van der Waals surface area contributed by atoms with Crippen LogP contribution in [-0.2, 0) is 13.1 Å². The third kappa shape index (κ3) is 5.23. The number of benzene rings is 2. The Kier molecular flexibility index (Phi) is 6.52. The number of imidazole rings is 1. The van der Waals surface area contributed by atoms with Crippen molar-refractivity contribution in [3.8, 4) is 5.75 Å². The maximum Gasteiger partial charge on any atom is 0.226 e. The normalized spacial score (nSPS) is 12.1. The molecule has 0 spiro atoms. The first kappa shape index (κ1) is 21.3. The fourth-order valence-electron chi connectivity index (χ4n) is 3.16. The Morgan fingerprint density at radius 1 is 1.10 bits per heavy atom. The third-order valence-electron chi connectivity index (χ3n) is 4.70. The summed E-state index contributed by atoms with van der Waals surface area (Å²) >= 11 is 2.21. The number of anilines is 2. The van der Waals surface area contributed by atoms with Crippen LogP contribution in [0.1, 0.15) is 18.1 Å². The minimum Gasteiger partial charge on any atom is -0.508 e. The van der Waals surface area contributed by atoms with E-state index in [1.807, 2.05) is 34.9 Å². The molecule has 0 fully saturated rings. The van der Waals surface area contributed by atoms with Crippen LogP contribution >= 0.6 is 22.6 Å². The summed E-state index contributed by atoms with van der Waals surface area (Å²) in [7, 11) is 0. The van der Waals surface area contributed by atoms with Gasteiger partial charge in [-0.2, -0.15) is 9.97 Å². The molecule has 0 amide bonds. The van der Waals surface area contributed by atoms with E-state index in [1.54, 1.807) is 19.3 Å². The molecule has 0 radical (unpaired) electrons. The summed E-state index contributed by atoms with van der Waals surface area (Å²) in [6.45, 7) is 3.04. The summed E-state index contributed by atoms with van der Waals surface area (Å²) in [5, 5.41) is 26.1. The predicted octanol–water partition coefficient (Wildman–Crippen LogP) is 3.59. The van der Waals surface area contributed by atoms with Gasteiger partial charge in [0.15, 0.2) is 17.0 Å². The van der Waals surface area contributed by atoms with Gasteiger partial charge in [0.25, 0.3) is 0 Å². The monoisotopic (exact) mass is 530 g/mol. The molecule has 31 heavy (non-hydrogen) atoms. The van der Waals surface area contributed by atoms with Crippen molar-refractivity contribution < 1.29 is 10.2 Å². The number of phenols is 1. The summed E-state index contributed by atoms with van der Waals surface area (Å²) in [6.07, 6.45) is 1.21. The summed E-state index contributed by atoms with van der Waals surface area (Å²) in [5.41, 5.74) is 3.23. The molecular formula is C22H23IN6O2. The van der Waals surface area contributed by atoms with E-state index in [2.05, 4.69) is 60.3 Å². The molecule has 0 bridgehead atoms. The Bertz CT molecular complexity index is 1180. The molecule has 2 aromatic carbocycles. The van der Waals surface area contributed by atoms with E-state index < -0.39 is 6.10 Å². The fourth-order valence-corrected chi connectivity index (χ4v) is 3.71. The van der Waals surface area contributed by atoms with Crippen LogP contribution in [0.2, 0.25) is 0 Å². The lowest BCUT2D eigenvalue weighted by atomic mass is 10.2. The Morgan fingerprint density at radius 2 is 1.90 bits per heavy atom. The number of aromatic hydroxyl groups is 1. The average molecular weight is 530 g/mol. The van der Waals surface area contributed by atoms with Gasteiger partial charge in [-0.3, -0.25) is 0 Å². The molecule has 4 N–H and O–H groups in total. The van der Waals surface area contributed by atoms with Crippen LogP contribution in [-0.4, -0.2) is 42.4 Å². The van der Waals surface area contributed by atoms with Gasteiger partial charge in [-0.05, 0) is 53.3 Å². The lowest BCUT2D eigenvalue weighted by Crippen LogP contribution is -2.17. The second-order valence-electron chi connectivity index (χ2n) is 7.28. The molecule has 8 nitrogen and oxygen atoms in total. The molecule has 160 valence electrons. The number of aromatic nitrogens is 4. The summed E-state index contributed by atoms with van der Waals surface area (Å²) < 4.78 is 3.00. The SMILES string of the molecule is CC(O)CNc1nc(NCc2cc(I)ccc2O)c2ncn(Cc3ccccc3)c2n1. The van der Waals surface area contributed by atoms with Crippen molar-refractivity contribution in [3.63, 3.8) is 0 Å². The minimum atomic E-state index is -0.534. The number of aliphatic hydroxyl groups excluding tert-OH is 1. The van der Waals surface area contributed by atoms with Crippen LogP contribution in [0.4, 0.5) is 11.8 Å². The Balaban J connectivity index is 1.67. The minimum absolute atomic E-state index is 0.222. The Hall–Kier alpha value is -2.92. The van der Waals surface area contributed by atoms with Gasteiger partial charge in [0.2, 0.25) is 5.95 Å². The van der Waals surface area contributed by atoms with E-state index in [9.17, 15) is 10.2 Å². The van der Waals surface area contributed by atoms with Crippen molar-refractivity contribution in [2.45, 2.75) is 26.1 Å². The highest BCUT2D eigenvalue weighted by molar-refractivity contribution is 14.1. The predicted molar refractivity (Wildman–Crippen MR) is 129 cm³/mol. The molecule has 0 aliphatic heterocycles. The van der Waals surface area contributed by atoms with Crippen molar-refractivity contribution in [3.05, 3.63) is 69.6 Å². The number of hydrogen-bond donors (Lipinski definition) is 4. The smallest absolute Gasteiger partial charge is 0.226 e. The van der Waals surface area contributed by atoms with Gasteiger partial charge in [0, 0.05) is 22.2 Å². The molecule has 4 rings (SSSR count). The van der Waals surface area contributed by atoms with Gasteiger partial charge in [-0.25, -0.2) is 4.98 Å². The van der Waals surface area contributed by atoms with Gasteiger partial charge in [-0.15, -0.1) is 0 Å². The summed E-state index contributed by atoms with van der Waals surface area (Å²) in [5.74, 6) is 1.18. The first-order valence-corrected chi connectivity index (χ1v) is 11.0. The lowest BCUT2D eigenvalue weighted by molar-refractivity contribution is 0.208. The van der Waals surface area contributed by atoms with Gasteiger partial charge >= 0.3 is 0 Å². The third-order valence-corrected chi connectivity index (χ3v) is 5.37.